The highest BCUT2D eigenvalue weighted by atomic mass is 16.5. The Bertz CT molecular complexity index is 553. The van der Waals surface area contributed by atoms with E-state index in [0.29, 0.717) is 0 Å². The van der Waals surface area contributed by atoms with E-state index in [0.717, 1.165) is 22.5 Å². The van der Waals surface area contributed by atoms with Gasteiger partial charge in [-0.05, 0) is 19.1 Å². The molecule has 0 atom stereocenters. The molecule has 0 spiro atoms. The number of benzene rings is 1. The molecule has 2 nitrogen and oxygen atoms in total. The Morgan fingerprint density at radius 1 is 1.12 bits per heavy atom. The quantitative estimate of drug-likeness (QED) is 0.741. The zero-order valence-electron chi connectivity index (χ0n) is 11.2. The van der Waals surface area contributed by atoms with Crippen molar-refractivity contribution >= 4 is 10.8 Å². The third-order valence-corrected chi connectivity index (χ3v) is 2.89. The minimum atomic E-state index is 0.0383. The number of methoxy groups -OCH3 is 1. The SMILES string of the molecule is COc1cccc2c(C(C)(C)C)nc(C)cc12. The van der Waals surface area contributed by atoms with Gasteiger partial charge in [0.2, 0.25) is 0 Å². The van der Waals surface area contributed by atoms with E-state index >= 15 is 0 Å². The normalized spacial score (nSPS) is 11.8. The first-order chi connectivity index (χ1) is 7.93. The van der Waals surface area contributed by atoms with Gasteiger partial charge in [0.25, 0.3) is 0 Å². The molecular formula is C15H19NO. The van der Waals surface area contributed by atoms with Gasteiger partial charge in [-0.2, -0.15) is 0 Å². The molecule has 17 heavy (non-hydrogen) atoms. The molecule has 0 N–H and O–H groups in total. The molecule has 0 fully saturated rings. The van der Waals surface area contributed by atoms with Crippen LogP contribution in [0.3, 0.4) is 0 Å². The minimum absolute atomic E-state index is 0.0383. The predicted molar refractivity (Wildman–Crippen MR) is 71.7 cm³/mol. The monoisotopic (exact) mass is 229 g/mol. The molecule has 0 unspecified atom stereocenters. The number of rotatable bonds is 1. The van der Waals surface area contributed by atoms with Gasteiger partial charge in [0.05, 0.1) is 12.8 Å². The van der Waals surface area contributed by atoms with Crippen LogP contribution in [0.4, 0.5) is 0 Å². The van der Waals surface area contributed by atoms with Crippen molar-refractivity contribution in [2.24, 2.45) is 0 Å². The minimum Gasteiger partial charge on any atom is -0.496 e. The number of hydrogen-bond acceptors (Lipinski definition) is 2. The molecule has 0 aliphatic heterocycles. The average Bonchev–Trinajstić information content (AvgIpc) is 2.26. The second-order valence-electron chi connectivity index (χ2n) is 5.42. The molecule has 0 amide bonds. The fourth-order valence-corrected chi connectivity index (χ4v) is 2.13. The lowest BCUT2D eigenvalue weighted by atomic mass is 9.88. The number of ether oxygens (including phenoxy) is 1. The van der Waals surface area contributed by atoms with E-state index < -0.39 is 0 Å². The van der Waals surface area contributed by atoms with Gasteiger partial charge >= 0.3 is 0 Å². The highest BCUT2D eigenvalue weighted by molar-refractivity contribution is 5.91. The summed E-state index contributed by atoms with van der Waals surface area (Å²) < 4.78 is 5.42. The van der Waals surface area contributed by atoms with Crippen molar-refractivity contribution in [1.82, 2.24) is 4.98 Å². The maximum atomic E-state index is 5.42. The third kappa shape index (κ3) is 2.12. The summed E-state index contributed by atoms with van der Waals surface area (Å²) >= 11 is 0. The van der Waals surface area contributed by atoms with Crippen LogP contribution in [0.15, 0.2) is 24.3 Å². The number of pyridine rings is 1. The molecule has 0 bridgehead atoms. The summed E-state index contributed by atoms with van der Waals surface area (Å²) in [5.74, 6) is 0.915. The van der Waals surface area contributed by atoms with Gasteiger partial charge in [-0.15, -0.1) is 0 Å². The Morgan fingerprint density at radius 3 is 2.41 bits per heavy atom. The van der Waals surface area contributed by atoms with E-state index in [2.05, 4.69) is 32.9 Å². The molecule has 0 aliphatic carbocycles. The van der Waals surface area contributed by atoms with E-state index in [1.165, 1.54) is 5.39 Å². The van der Waals surface area contributed by atoms with Crippen LogP contribution in [0.2, 0.25) is 0 Å². The summed E-state index contributed by atoms with van der Waals surface area (Å²) in [4.78, 5) is 4.69. The lowest BCUT2D eigenvalue weighted by Crippen LogP contribution is -2.14. The summed E-state index contributed by atoms with van der Waals surface area (Å²) in [6.45, 7) is 8.59. The van der Waals surface area contributed by atoms with Gasteiger partial charge in [-0.25, -0.2) is 0 Å². The predicted octanol–water partition coefficient (Wildman–Crippen LogP) is 3.85. The Morgan fingerprint density at radius 2 is 1.82 bits per heavy atom. The van der Waals surface area contributed by atoms with Crippen molar-refractivity contribution in [2.45, 2.75) is 33.1 Å². The van der Waals surface area contributed by atoms with Crippen LogP contribution in [0.5, 0.6) is 5.75 Å². The van der Waals surface area contributed by atoms with Crippen molar-refractivity contribution in [3.63, 3.8) is 0 Å². The summed E-state index contributed by atoms with van der Waals surface area (Å²) in [5.41, 5.74) is 2.20. The van der Waals surface area contributed by atoms with Gasteiger partial charge in [-0.3, -0.25) is 4.98 Å². The zero-order valence-corrected chi connectivity index (χ0v) is 11.2. The Hall–Kier alpha value is -1.57. The second-order valence-corrected chi connectivity index (χ2v) is 5.42. The van der Waals surface area contributed by atoms with Crippen molar-refractivity contribution in [3.05, 3.63) is 35.7 Å². The van der Waals surface area contributed by atoms with Crippen LogP contribution in [0.25, 0.3) is 10.8 Å². The van der Waals surface area contributed by atoms with Gasteiger partial charge < -0.3 is 4.74 Å². The Labute approximate surface area is 103 Å². The topological polar surface area (TPSA) is 22.1 Å². The van der Waals surface area contributed by atoms with E-state index in [9.17, 15) is 0 Å². The molecule has 2 rings (SSSR count). The molecule has 0 saturated carbocycles. The molecule has 1 heterocycles. The number of aromatic nitrogens is 1. The third-order valence-electron chi connectivity index (χ3n) is 2.89. The Kier molecular flexibility index (Phi) is 2.82. The first kappa shape index (κ1) is 11.9. The van der Waals surface area contributed by atoms with Crippen LogP contribution < -0.4 is 4.74 Å². The largest absolute Gasteiger partial charge is 0.496 e. The van der Waals surface area contributed by atoms with Crippen molar-refractivity contribution in [2.75, 3.05) is 7.11 Å². The van der Waals surface area contributed by atoms with Crippen LogP contribution in [-0.4, -0.2) is 12.1 Å². The van der Waals surface area contributed by atoms with E-state index in [1.54, 1.807) is 7.11 Å². The van der Waals surface area contributed by atoms with Gasteiger partial charge in [0.15, 0.2) is 0 Å². The number of aryl methyl sites for hydroxylation is 1. The van der Waals surface area contributed by atoms with Crippen LogP contribution in [-0.2, 0) is 5.41 Å². The van der Waals surface area contributed by atoms with Crippen LogP contribution in [0.1, 0.15) is 32.2 Å². The number of nitrogens with zero attached hydrogens (tertiary/aromatic N) is 1. The molecule has 1 aromatic heterocycles. The number of hydrogen-bond donors (Lipinski definition) is 0. The van der Waals surface area contributed by atoms with Crippen LogP contribution in [0, 0.1) is 6.92 Å². The molecular weight excluding hydrogens is 210 g/mol. The molecule has 2 heteroatoms. The molecule has 0 aliphatic rings. The summed E-state index contributed by atoms with van der Waals surface area (Å²) in [6.07, 6.45) is 0. The molecule has 0 radical (unpaired) electrons. The maximum absolute atomic E-state index is 5.42. The fraction of sp³-hybridized carbons (Fsp3) is 0.400. The average molecular weight is 229 g/mol. The van der Waals surface area contributed by atoms with Gasteiger partial charge in [-0.1, -0.05) is 32.9 Å². The molecule has 2 aromatic rings. The van der Waals surface area contributed by atoms with Crippen molar-refractivity contribution < 1.29 is 4.74 Å². The van der Waals surface area contributed by atoms with Gasteiger partial charge in [0, 0.05) is 21.9 Å². The zero-order chi connectivity index (χ0) is 12.6. The highest BCUT2D eigenvalue weighted by Gasteiger charge is 2.20. The first-order valence-electron chi connectivity index (χ1n) is 5.88. The van der Waals surface area contributed by atoms with E-state index in [4.69, 9.17) is 9.72 Å². The number of fused-ring (bicyclic) bond motifs is 1. The maximum Gasteiger partial charge on any atom is 0.126 e. The lowest BCUT2D eigenvalue weighted by Gasteiger charge is -2.21. The summed E-state index contributed by atoms with van der Waals surface area (Å²) in [7, 11) is 1.71. The molecule has 1 aromatic carbocycles. The van der Waals surface area contributed by atoms with E-state index in [1.807, 2.05) is 19.1 Å². The standard InChI is InChI=1S/C15H19NO/c1-10-9-12-11(7-6-8-13(12)17-5)14(16-10)15(2,3)4/h6-9H,1-5H3. The Balaban J connectivity index is 2.86. The summed E-state index contributed by atoms with van der Waals surface area (Å²) in [5, 5.41) is 2.33. The molecule has 90 valence electrons. The van der Waals surface area contributed by atoms with E-state index in [-0.39, 0.29) is 5.41 Å². The highest BCUT2D eigenvalue weighted by Crippen LogP contribution is 2.33. The second kappa shape index (κ2) is 4.02. The fourth-order valence-electron chi connectivity index (χ4n) is 2.13. The van der Waals surface area contributed by atoms with Gasteiger partial charge in [0.1, 0.15) is 5.75 Å². The lowest BCUT2D eigenvalue weighted by molar-refractivity contribution is 0.419. The smallest absolute Gasteiger partial charge is 0.126 e. The first-order valence-corrected chi connectivity index (χ1v) is 5.88. The van der Waals surface area contributed by atoms with Crippen LogP contribution >= 0.6 is 0 Å². The molecule has 0 saturated heterocycles. The summed E-state index contributed by atoms with van der Waals surface area (Å²) in [6, 6.07) is 8.22. The van der Waals surface area contributed by atoms with Crippen molar-refractivity contribution in [1.29, 1.82) is 0 Å². The van der Waals surface area contributed by atoms with Crippen molar-refractivity contribution in [3.8, 4) is 5.75 Å².